The molecule has 2 rings (SSSR count). The molecule has 1 aromatic carbocycles. The zero-order valence-corrected chi connectivity index (χ0v) is 9.68. The van der Waals surface area contributed by atoms with Crippen LogP contribution in [-0.2, 0) is 4.79 Å². The van der Waals surface area contributed by atoms with Gasteiger partial charge >= 0.3 is 0 Å². The van der Waals surface area contributed by atoms with Gasteiger partial charge in [-0.05, 0) is 11.5 Å². The Balaban J connectivity index is 1.91. The number of carbonyl (C=O) groups is 1. The van der Waals surface area contributed by atoms with Gasteiger partial charge in [0.25, 0.3) is 0 Å². The minimum atomic E-state index is 0.00255. The Morgan fingerprint density at radius 2 is 2.18 bits per heavy atom. The average Bonchev–Trinajstić information content (AvgIpc) is 2.82. The minimum absolute atomic E-state index is 0.00255. The van der Waals surface area contributed by atoms with E-state index in [9.17, 15) is 4.79 Å². The van der Waals surface area contributed by atoms with Crippen LogP contribution in [0.5, 0.6) is 0 Å². The summed E-state index contributed by atoms with van der Waals surface area (Å²) in [7, 11) is 0. The maximum Gasteiger partial charge on any atom is 0.225 e. The van der Waals surface area contributed by atoms with E-state index < -0.39 is 0 Å². The van der Waals surface area contributed by atoms with Gasteiger partial charge in [0.1, 0.15) is 0 Å². The summed E-state index contributed by atoms with van der Waals surface area (Å²) in [6.45, 7) is 2.05. The van der Waals surface area contributed by atoms with Crippen molar-refractivity contribution in [2.24, 2.45) is 0 Å². The number of anilines is 1. The lowest BCUT2D eigenvalue weighted by atomic mass is 9.97. The van der Waals surface area contributed by atoms with E-state index in [1.807, 2.05) is 37.3 Å². The largest absolute Gasteiger partial charge is 0.323 e. The molecule has 0 radical (unpaired) electrons. The Labute approximate surface area is 100 Å². The lowest BCUT2D eigenvalue weighted by Gasteiger charge is -2.11. The highest BCUT2D eigenvalue weighted by molar-refractivity contribution is 5.90. The van der Waals surface area contributed by atoms with Crippen LogP contribution in [0.3, 0.4) is 0 Å². The van der Waals surface area contributed by atoms with Gasteiger partial charge < -0.3 is 5.32 Å². The molecule has 0 aliphatic rings. The lowest BCUT2D eigenvalue weighted by Crippen LogP contribution is -2.13. The molecule has 0 unspecified atom stereocenters. The molecule has 4 nitrogen and oxygen atoms in total. The van der Waals surface area contributed by atoms with Crippen LogP contribution >= 0.6 is 0 Å². The average molecular weight is 229 g/mol. The topological polar surface area (TPSA) is 57.8 Å². The summed E-state index contributed by atoms with van der Waals surface area (Å²) >= 11 is 0. The molecule has 1 aromatic heterocycles. The molecule has 1 atom stereocenters. The van der Waals surface area contributed by atoms with Crippen molar-refractivity contribution < 1.29 is 4.79 Å². The first-order valence-electron chi connectivity index (χ1n) is 5.59. The van der Waals surface area contributed by atoms with E-state index in [1.54, 1.807) is 12.4 Å². The molecule has 4 heteroatoms. The van der Waals surface area contributed by atoms with Crippen molar-refractivity contribution in [3.05, 3.63) is 48.3 Å². The molecule has 0 bridgehead atoms. The second kappa shape index (κ2) is 5.30. The van der Waals surface area contributed by atoms with Crippen molar-refractivity contribution in [3.63, 3.8) is 0 Å². The molecule has 1 heterocycles. The third kappa shape index (κ3) is 3.17. The van der Waals surface area contributed by atoms with Crippen molar-refractivity contribution in [3.8, 4) is 0 Å². The van der Waals surface area contributed by atoms with Crippen molar-refractivity contribution >= 4 is 11.6 Å². The Kier molecular flexibility index (Phi) is 3.55. The van der Waals surface area contributed by atoms with E-state index in [0.29, 0.717) is 12.1 Å². The van der Waals surface area contributed by atoms with E-state index in [2.05, 4.69) is 15.5 Å². The third-order valence-electron chi connectivity index (χ3n) is 2.64. The van der Waals surface area contributed by atoms with Crippen LogP contribution in [0, 0.1) is 0 Å². The highest BCUT2D eigenvalue weighted by atomic mass is 16.1. The second-order valence-corrected chi connectivity index (χ2v) is 4.05. The lowest BCUT2D eigenvalue weighted by molar-refractivity contribution is -0.116. The van der Waals surface area contributed by atoms with E-state index in [-0.39, 0.29) is 11.8 Å². The number of amides is 1. The van der Waals surface area contributed by atoms with E-state index >= 15 is 0 Å². The molecule has 1 amide bonds. The van der Waals surface area contributed by atoms with Crippen LogP contribution < -0.4 is 5.32 Å². The number of rotatable bonds is 4. The number of benzene rings is 1. The number of nitrogens with one attached hydrogen (secondary N) is 2. The first-order valence-corrected chi connectivity index (χ1v) is 5.59. The monoisotopic (exact) mass is 229 g/mol. The van der Waals surface area contributed by atoms with Gasteiger partial charge in [-0.1, -0.05) is 37.3 Å². The van der Waals surface area contributed by atoms with Crippen molar-refractivity contribution in [2.45, 2.75) is 19.3 Å². The zero-order chi connectivity index (χ0) is 12.1. The van der Waals surface area contributed by atoms with Gasteiger partial charge in [0, 0.05) is 12.6 Å². The van der Waals surface area contributed by atoms with E-state index in [4.69, 9.17) is 0 Å². The van der Waals surface area contributed by atoms with Crippen LogP contribution in [0.2, 0.25) is 0 Å². The first-order chi connectivity index (χ1) is 8.25. The molecule has 88 valence electrons. The molecule has 0 aliphatic heterocycles. The Hall–Kier alpha value is -2.10. The predicted octanol–water partition coefficient (Wildman–Crippen LogP) is 2.54. The Morgan fingerprint density at radius 3 is 2.82 bits per heavy atom. The Morgan fingerprint density at radius 1 is 1.41 bits per heavy atom. The number of hydrogen-bond acceptors (Lipinski definition) is 2. The van der Waals surface area contributed by atoms with Gasteiger partial charge in [0.05, 0.1) is 11.9 Å². The third-order valence-corrected chi connectivity index (χ3v) is 2.64. The Bertz CT molecular complexity index is 465. The highest BCUT2D eigenvalue weighted by Gasteiger charge is 2.11. The van der Waals surface area contributed by atoms with Gasteiger partial charge in [0.2, 0.25) is 5.91 Å². The summed E-state index contributed by atoms with van der Waals surface area (Å²) in [6, 6.07) is 10.0. The molecule has 2 aromatic rings. The first kappa shape index (κ1) is 11.4. The smallest absolute Gasteiger partial charge is 0.225 e. The van der Waals surface area contributed by atoms with Crippen LogP contribution in [0.25, 0.3) is 0 Å². The molecule has 0 saturated heterocycles. The quantitative estimate of drug-likeness (QED) is 0.846. The predicted molar refractivity (Wildman–Crippen MR) is 66.7 cm³/mol. The fourth-order valence-corrected chi connectivity index (χ4v) is 1.71. The van der Waals surface area contributed by atoms with Crippen molar-refractivity contribution in [1.29, 1.82) is 0 Å². The number of aromatic amines is 1. The SMILES string of the molecule is C[C@H](CC(=O)Nc1cn[nH]c1)c1ccccc1. The summed E-state index contributed by atoms with van der Waals surface area (Å²) in [5, 5.41) is 9.22. The molecule has 0 aliphatic carbocycles. The van der Waals surface area contributed by atoms with Gasteiger partial charge in [0.15, 0.2) is 0 Å². The molecular weight excluding hydrogens is 214 g/mol. The number of hydrogen-bond donors (Lipinski definition) is 2. The van der Waals surface area contributed by atoms with Crippen molar-refractivity contribution in [1.82, 2.24) is 10.2 Å². The number of H-pyrrole nitrogens is 1. The summed E-state index contributed by atoms with van der Waals surface area (Å²) in [6.07, 6.45) is 3.71. The highest BCUT2D eigenvalue weighted by Crippen LogP contribution is 2.19. The van der Waals surface area contributed by atoms with Crippen LogP contribution in [-0.4, -0.2) is 16.1 Å². The number of aromatic nitrogens is 2. The molecule has 2 N–H and O–H groups in total. The molecular formula is C13H15N3O. The second-order valence-electron chi connectivity index (χ2n) is 4.05. The van der Waals surface area contributed by atoms with E-state index in [1.165, 1.54) is 5.56 Å². The molecule has 0 spiro atoms. The minimum Gasteiger partial charge on any atom is -0.323 e. The summed E-state index contributed by atoms with van der Waals surface area (Å²) in [5.41, 5.74) is 1.88. The van der Waals surface area contributed by atoms with E-state index in [0.717, 1.165) is 0 Å². The van der Waals surface area contributed by atoms with Gasteiger partial charge in [-0.15, -0.1) is 0 Å². The molecule has 17 heavy (non-hydrogen) atoms. The number of carbonyl (C=O) groups excluding carboxylic acids is 1. The normalized spacial score (nSPS) is 12.1. The summed E-state index contributed by atoms with van der Waals surface area (Å²) in [5.74, 6) is 0.214. The van der Waals surface area contributed by atoms with Crippen molar-refractivity contribution in [2.75, 3.05) is 5.32 Å². The molecule has 0 saturated carbocycles. The van der Waals surface area contributed by atoms with Gasteiger partial charge in [-0.25, -0.2) is 0 Å². The van der Waals surface area contributed by atoms with Gasteiger partial charge in [-0.2, -0.15) is 5.10 Å². The standard InChI is InChI=1S/C13H15N3O/c1-10(11-5-3-2-4-6-11)7-13(17)16-12-8-14-15-9-12/h2-6,8-10H,7H2,1H3,(H,14,15)(H,16,17)/t10-/m1/s1. The maximum absolute atomic E-state index is 11.7. The van der Waals surface area contributed by atoms with Crippen LogP contribution in [0.4, 0.5) is 5.69 Å². The zero-order valence-electron chi connectivity index (χ0n) is 9.68. The van der Waals surface area contributed by atoms with Gasteiger partial charge in [-0.3, -0.25) is 9.89 Å². The summed E-state index contributed by atoms with van der Waals surface area (Å²) in [4.78, 5) is 11.7. The molecule has 0 fully saturated rings. The maximum atomic E-state index is 11.7. The fourth-order valence-electron chi connectivity index (χ4n) is 1.71. The van der Waals surface area contributed by atoms with Crippen LogP contribution in [0.1, 0.15) is 24.8 Å². The van der Waals surface area contributed by atoms with Crippen LogP contribution in [0.15, 0.2) is 42.7 Å². The summed E-state index contributed by atoms with van der Waals surface area (Å²) < 4.78 is 0. The fraction of sp³-hybridized carbons (Fsp3) is 0.231. The number of nitrogens with zero attached hydrogens (tertiary/aromatic N) is 1.